The van der Waals surface area contributed by atoms with Gasteiger partial charge in [0.25, 0.3) is 5.91 Å². The molecule has 0 fully saturated rings. The molecule has 2 aromatic rings. The Kier molecular flexibility index (Phi) is 5.96. The highest BCUT2D eigenvalue weighted by molar-refractivity contribution is 7.89. The lowest BCUT2D eigenvalue weighted by Crippen LogP contribution is -2.21. The van der Waals surface area contributed by atoms with E-state index in [1.165, 1.54) is 30.5 Å². The first kappa shape index (κ1) is 19.1. The second kappa shape index (κ2) is 7.79. The van der Waals surface area contributed by atoms with Crippen molar-refractivity contribution in [3.05, 3.63) is 52.1 Å². The van der Waals surface area contributed by atoms with Crippen LogP contribution in [0.25, 0.3) is 0 Å². The number of aromatic nitrogens is 1. The van der Waals surface area contributed by atoms with E-state index in [1.54, 1.807) is 0 Å². The molecule has 132 valence electrons. The number of primary sulfonamides is 1. The van der Waals surface area contributed by atoms with Crippen molar-refractivity contribution in [3.8, 4) is 0 Å². The minimum Gasteiger partial charge on any atom is -0.452 e. The van der Waals surface area contributed by atoms with Gasteiger partial charge in [-0.25, -0.2) is 23.3 Å². The first-order valence-electron chi connectivity index (χ1n) is 6.57. The fourth-order valence-electron chi connectivity index (χ4n) is 1.69. The van der Waals surface area contributed by atoms with Crippen LogP contribution in [0.4, 0.5) is 5.82 Å². The summed E-state index contributed by atoms with van der Waals surface area (Å²) in [5.74, 6) is -1.32. The fraction of sp³-hybridized carbons (Fsp3) is 0.0714. The summed E-state index contributed by atoms with van der Waals surface area (Å²) >= 11 is 11.4. The van der Waals surface area contributed by atoms with E-state index in [4.69, 9.17) is 33.1 Å². The van der Waals surface area contributed by atoms with Gasteiger partial charge >= 0.3 is 5.97 Å². The lowest BCUT2D eigenvalue weighted by molar-refractivity contribution is -0.119. The van der Waals surface area contributed by atoms with Crippen molar-refractivity contribution in [1.82, 2.24) is 4.98 Å². The van der Waals surface area contributed by atoms with Crippen molar-refractivity contribution in [2.75, 3.05) is 11.9 Å². The predicted molar refractivity (Wildman–Crippen MR) is 91.0 cm³/mol. The fourth-order valence-corrected chi connectivity index (χ4v) is 2.87. The Labute approximate surface area is 152 Å². The second-order valence-corrected chi connectivity index (χ2v) is 7.05. The number of benzene rings is 1. The number of pyridine rings is 1. The van der Waals surface area contributed by atoms with Crippen LogP contribution in [0.2, 0.25) is 10.0 Å². The number of rotatable bonds is 5. The van der Waals surface area contributed by atoms with Gasteiger partial charge in [0, 0.05) is 6.20 Å². The van der Waals surface area contributed by atoms with Crippen LogP contribution in [-0.2, 0) is 19.6 Å². The van der Waals surface area contributed by atoms with Gasteiger partial charge in [0.1, 0.15) is 10.7 Å². The second-order valence-electron chi connectivity index (χ2n) is 4.68. The molecule has 0 unspecified atom stereocenters. The van der Waals surface area contributed by atoms with Crippen LogP contribution in [0.3, 0.4) is 0 Å². The summed E-state index contributed by atoms with van der Waals surface area (Å²) in [6.07, 6.45) is 1.34. The maximum Gasteiger partial charge on any atom is 0.338 e. The average molecular weight is 404 g/mol. The summed E-state index contributed by atoms with van der Waals surface area (Å²) in [5, 5.41) is 7.67. The van der Waals surface area contributed by atoms with Crippen molar-refractivity contribution in [3.63, 3.8) is 0 Å². The summed E-state index contributed by atoms with van der Waals surface area (Å²) in [4.78, 5) is 27.1. The Morgan fingerprint density at radius 2 is 1.92 bits per heavy atom. The molecule has 1 aromatic heterocycles. The molecule has 11 heteroatoms. The monoisotopic (exact) mass is 403 g/mol. The van der Waals surface area contributed by atoms with Gasteiger partial charge in [-0.15, -0.1) is 0 Å². The molecular formula is C14H11Cl2N3O5S. The molecule has 0 bridgehead atoms. The summed E-state index contributed by atoms with van der Waals surface area (Å²) in [7, 11) is -4.10. The summed E-state index contributed by atoms with van der Waals surface area (Å²) in [6.45, 7) is -0.601. The highest BCUT2D eigenvalue weighted by atomic mass is 35.5. The van der Waals surface area contributed by atoms with Crippen LogP contribution in [0.15, 0.2) is 41.4 Å². The first-order valence-corrected chi connectivity index (χ1v) is 8.88. The summed E-state index contributed by atoms with van der Waals surface area (Å²) in [5.41, 5.74) is -0.120. The zero-order valence-electron chi connectivity index (χ0n) is 12.4. The third-order valence-corrected chi connectivity index (χ3v) is 4.42. The zero-order valence-corrected chi connectivity index (χ0v) is 14.7. The van der Waals surface area contributed by atoms with Gasteiger partial charge in [0.05, 0.1) is 15.6 Å². The number of amides is 1. The minimum absolute atomic E-state index is 0.120. The molecule has 0 radical (unpaired) electrons. The molecule has 3 N–H and O–H groups in total. The number of ether oxygens (including phenoxy) is 1. The van der Waals surface area contributed by atoms with Crippen molar-refractivity contribution >= 4 is 50.9 Å². The molecule has 0 atom stereocenters. The van der Waals surface area contributed by atoms with E-state index in [2.05, 4.69) is 10.3 Å². The van der Waals surface area contributed by atoms with E-state index >= 15 is 0 Å². The molecule has 8 nitrogen and oxygen atoms in total. The minimum atomic E-state index is -4.10. The van der Waals surface area contributed by atoms with Crippen LogP contribution in [-0.4, -0.2) is 31.9 Å². The highest BCUT2D eigenvalue weighted by Gasteiger charge is 2.18. The van der Waals surface area contributed by atoms with Crippen LogP contribution < -0.4 is 10.5 Å². The van der Waals surface area contributed by atoms with E-state index in [0.29, 0.717) is 5.02 Å². The van der Waals surface area contributed by atoms with Crippen LogP contribution in [0, 0.1) is 0 Å². The van der Waals surface area contributed by atoms with Crippen molar-refractivity contribution in [2.24, 2.45) is 5.14 Å². The number of esters is 1. The molecular weight excluding hydrogens is 393 g/mol. The summed E-state index contributed by atoms with van der Waals surface area (Å²) < 4.78 is 27.6. The molecule has 1 amide bonds. The number of hydrogen-bond acceptors (Lipinski definition) is 6. The number of nitrogens with zero attached hydrogens (tertiary/aromatic N) is 1. The first-order chi connectivity index (χ1) is 11.7. The topological polar surface area (TPSA) is 128 Å². The van der Waals surface area contributed by atoms with Crippen molar-refractivity contribution in [1.29, 1.82) is 0 Å². The van der Waals surface area contributed by atoms with E-state index in [1.807, 2.05) is 0 Å². The van der Waals surface area contributed by atoms with Gasteiger partial charge in [-0.05, 0) is 30.3 Å². The molecule has 0 aliphatic rings. The van der Waals surface area contributed by atoms with Gasteiger partial charge in [-0.2, -0.15) is 0 Å². The Bertz CT molecular complexity index is 917. The molecule has 2 rings (SSSR count). The zero-order chi connectivity index (χ0) is 18.6. The molecule has 1 heterocycles. The normalized spacial score (nSPS) is 11.0. The number of halogens is 2. The number of sulfonamides is 1. The molecule has 0 aliphatic heterocycles. The maximum atomic E-state index is 11.9. The number of carbonyl (C=O) groups excluding carboxylic acids is 2. The van der Waals surface area contributed by atoms with Crippen molar-refractivity contribution < 1.29 is 22.7 Å². The number of nitrogens with two attached hydrogens (primary N) is 1. The Balaban J connectivity index is 2.00. The average Bonchev–Trinajstić information content (AvgIpc) is 2.54. The number of anilines is 1. The van der Waals surface area contributed by atoms with Crippen LogP contribution in [0.1, 0.15) is 10.4 Å². The molecule has 0 saturated carbocycles. The van der Waals surface area contributed by atoms with E-state index in [9.17, 15) is 18.0 Å². The quantitative estimate of drug-likeness (QED) is 0.732. The Hall–Kier alpha value is -2.20. The van der Waals surface area contributed by atoms with Gasteiger partial charge < -0.3 is 10.1 Å². The SMILES string of the molecule is NS(=O)(=O)c1cc(C(=O)OCC(=O)Nc2ccc(Cl)cn2)ccc1Cl. The molecule has 0 aliphatic carbocycles. The van der Waals surface area contributed by atoms with E-state index < -0.39 is 33.4 Å². The van der Waals surface area contributed by atoms with E-state index in [-0.39, 0.29) is 16.4 Å². The smallest absolute Gasteiger partial charge is 0.338 e. The lowest BCUT2D eigenvalue weighted by atomic mass is 10.2. The van der Waals surface area contributed by atoms with E-state index in [0.717, 1.165) is 6.07 Å². The molecule has 25 heavy (non-hydrogen) atoms. The van der Waals surface area contributed by atoms with Crippen LogP contribution in [0.5, 0.6) is 0 Å². The number of hydrogen-bond donors (Lipinski definition) is 2. The summed E-state index contributed by atoms with van der Waals surface area (Å²) in [6, 6.07) is 6.41. The van der Waals surface area contributed by atoms with Gasteiger partial charge in [-0.1, -0.05) is 23.2 Å². The van der Waals surface area contributed by atoms with Crippen LogP contribution >= 0.6 is 23.2 Å². The van der Waals surface area contributed by atoms with Crippen molar-refractivity contribution in [2.45, 2.75) is 4.90 Å². The van der Waals surface area contributed by atoms with Gasteiger partial charge in [-0.3, -0.25) is 4.79 Å². The predicted octanol–water partition coefficient (Wildman–Crippen LogP) is 1.83. The Morgan fingerprint density at radius 3 is 2.52 bits per heavy atom. The van der Waals surface area contributed by atoms with Gasteiger partial charge in [0.2, 0.25) is 10.0 Å². The third-order valence-electron chi connectivity index (χ3n) is 2.80. The standard InChI is InChI=1S/C14H11Cl2N3O5S/c15-9-2-4-12(18-6-9)19-13(20)7-24-14(21)8-1-3-10(16)11(5-8)25(17,22)23/h1-6H,7H2,(H2,17,22,23)(H,18,19,20). The largest absolute Gasteiger partial charge is 0.452 e. The number of nitrogens with one attached hydrogen (secondary N) is 1. The third kappa shape index (κ3) is 5.40. The lowest BCUT2D eigenvalue weighted by Gasteiger charge is -2.08. The molecule has 0 spiro atoms. The maximum absolute atomic E-state index is 11.9. The Morgan fingerprint density at radius 1 is 1.20 bits per heavy atom. The number of carbonyl (C=O) groups is 2. The molecule has 0 saturated heterocycles. The van der Waals surface area contributed by atoms with Gasteiger partial charge in [0.15, 0.2) is 6.61 Å². The molecule has 1 aromatic carbocycles. The highest BCUT2D eigenvalue weighted by Crippen LogP contribution is 2.21.